The maximum absolute atomic E-state index is 10.7. The zero-order valence-electron chi connectivity index (χ0n) is 20.8. The van der Waals surface area contributed by atoms with Gasteiger partial charge in [-0.05, 0) is 131 Å². The molecule has 0 saturated heterocycles. The monoisotopic (exact) mass is 418 g/mol. The molecule has 2 heteroatoms. The van der Waals surface area contributed by atoms with Crippen molar-refractivity contribution in [3.8, 4) is 0 Å². The maximum Gasteiger partial charge on any atom is 0.0642 e. The van der Waals surface area contributed by atoms with Gasteiger partial charge in [0.2, 0.25) is 0 Å². The third-order valence-corrected chi connectivity index (χ3v) is 11.6. The molecule has 0 aromatic heterocycles. The molecule has 0 spiro atoms. The Balaban J connectivity index is 1.43. The van der Waals surface area contributed by atoms with E-state index < -0.39 is 11.2 Å². The van der Waals surface area contributed by atoms with Gasteiger partial charge in [-0.1, -0.05) is 34.1 Å². The van der Waals surface area contributed by atoms with Gasteiger partial charge in [-0.3, -0.25) is 0 Å². The van der Waals surface area contributed by atoms with Crippen LogP contribution in [0, 0.1) is 46.3 Å². The summed E-state index contributed by atoms with van der Waals surface area (Å²) in [7, 11) is 0. The summed E-state index contributed by atoms with van der Waals surface area (Å²) >= 11 is 0. The van der Waals surface area contributed by atoms with Crippen molar-refractivity contribution in [2.45, 2.75) is 130 Å². The van der Waals surface area contributed by atoms with Gasteiger partial charge in [-0.2, -0.15) is 0 Å². The third kappa shape index (κ3) is 3.81. The van der Waals surface area contributed by atoms with Crippen LogP contribution >= 0.6 is 0 Å². The first-order valence-corrected chi connectivity index (χ1v) is 13.3. The number of rotatable bonds is 5. The van der Waals surface area contributed by atoms with E-state index in [9.17, 15) is 10.2 Å². The van der Waals surface area contributed by atoms with Gasteiger partial charge in [0.15, 0.2) is 0 Å². The van der Waals surface area contributed by atoms with Gasteiger partial charge >= 0.3 is 0 Å². The average molecular weight is 419 g/mol. The van der Waals surface area contributed by atoms with E-state index in [4.69, 9.17) is 0 Å². The lowest BCUT2D eigenvalue weighted by Gasteiger charge is -2.62. The highest BCUT2D eigenvalue weighted by atomic mass is 16.3. The first-order valence-electron chi connectivity index (χ1n) is 13.3. The molecule has 4 aliphatic carbocycles. The lowest BCUT2D eigenvalue weighted by atomic mass is 9.44. The lowest BCUT2D eigenvalue weighted by Crippen LogP contribution is -2.55. The van der Waals surface area contributed by atoms with E-state index in [0.717, 1.165) is 48.9 Å². The van der Waals surface area contributed by atoms with Gasteiger partial charge in [0.05, 0.1) is 11.2 Å². The van der Waals surface area contributed by atoms with Crippen molar-refractivity contribution in [2.24, 2.45) is 46.3 Å². The van der Waals surface area contributed by atoms with Gasteiger partial charge < -0.3 is 10.2 Å². The molecule has 4 saturated carbocycles. The maximum atomic E-state index is 10.7. The molecule has 174 valence electrons. The van der Waals surface area contributed by atoms with E-state index in [1.54, 1.807) is 0 Å². The molecule has 0 radical (unpaired) electrons. The third-order valence-electron chi connectivity index (χ3n) is 11.6. The highest BCUT2D eigenvalue weighted by Crippen LogP contribution is 2.68. The fourth-order valence-corrected chi connectivity index (χ4v) is 9.01. The van der Waals surface area contributed by atoms with E-state index in [1.165, 1.54) is 57.8 Å². The Kier molecular flexibility index (Phi) is 5.97. The van der Waals surface area contributed by atoms with Crippen LogP contribution in [0.2, 0.25) is 0 Å². The summed E-state index contributed by atoms with van der Waals surface area (Å²) in [4.78, 5) is 0. The van der Waals surface area contributed by atoms with Crippen LogP contribution < -0.4 is 0 Å². The first-order chi connectivity index (χ1) is 13.9. The second-order valence-electron chi connectivity index (χ2n) is 13.6. The van der Waals surface area contributed by atoms with E-state index in [0.29, 0.717) is 16.7 Å². The van der Waals surface area contributed by atoms with Crippen LogP contribution in [0.15, 0.2) is 0 Å². The fourth-order valence-electron chi connectivity index (χ4n) is 9.01. The summed E-state index contributed by atoms with van der Waals surface area (Å²) in [6.45, 7) is 13.7. The van der Waals surface area contributed by atoms with Crippen molar-refractivity contribution in [3.05, 3.63) is 0 Å². The Bertz CT molecular complexity index is 622. The predicted molar refractivity (Wildman–Crippen MR) is 125 cm³/mol. The second-order valence-corrected chi connectivity index (χ2v) is 13.6. The molecule has 0 amide bonds. The molecule has 0 aliphatic heterocycles. The van der Waals surface area contributed by atoms with Crippen molar-refractivity contribution in [1.29, 1.82) is 0 Å². The molecule has 4 aliphatic rings. The van der Waals surface area contributed by atoms with Crippen molar-refractivity contribution in [2.75, 3.05) is 0 Å². The molecular formula is C28H50O2. The lowest BCUT2D eigenvalue weighted by molar-refractivity contribution is -0.146. The minimum atomic E-state index is -0.508. The Morgan fingerprint density at radius 3 is 2.30 bits per heavy atom. The highest BCUT2D eigenvalue weighted by Gasteiger charge is 2.60. The van der Waals surface area contributed by atoms with Gasteiger partial charge in [-0.25, -0.2) is 0 Å². The molecule has 0 aromatic carbocycles. The Hall–Kier alpha value is -0.0800. The molecule has 2 N–H and O–H groups in total. The summed E-state index contributed by atoms with van der Waals surface area (Å²) in [5.41, 5.74) is 0.0797. The van der Waals surface area contributed by atoms with Gasteiger partial charge in [0.1, 0.15) is 0 Å². The van der Waals surface area contributed by atoms with Crippen LogP contribution in [0.4, 0.5) is 0 Å². The van der Waals surface area contributed by atoms with Crippen LogP contribution in [0.1, 0.15) is 119 Å². The van der Waals surface area contributed by atoms with Crippen molar-refractivity contribution < 1.29 is 10.2 Å². The summed E-state index contributed by atoms with van der Waals surface area (Å²) in [6, 6.07) is 0. The number of hydrogen-bond donors (Lipinski definition) is 2. The van der Waals surface area contributed by atoms with Crippen LogP contribution in [0.5, 0.6) is 0 Å². The van der Waals surface area contributed by atoms with Crippen LogP contribution in [-0.4, -0.2) is 21.4 Å². The molecule has 30 heavy (non-hydrogen) atoms. The van der Waals surface area contributed by atoms with Crippen LogP contribution in [0.3, 0.4) is 0 Å². The molecule has 0 bridgehead atoms. The summed E-state index contributed by atoms with van der Waals surface area (Å²) in [6.07, 6.45) is 15.2. The normalized spacial score (nSPS) is 50.5. The predicted octanol–water partition coefficient (Wildman–Crippen LogP) is 6.97. The van der Waals surface area contributed by atoms with Crippen LogP contribution in [0.25, 0.3) is 0 Å². The average Bonchev–Trinajstić information content (AvgIpc) is 2.98. The molecule has 9 atom stereocenters. The van der Waals surface area contributed by atoms with E-state index >= 15 is 0 Å². The second kappa shape index (κ2) is 7.75. The van der Waals surface area contributed by atoms with Crippen molar-refractivity contribution >= 4 is 0 Å². The van der Waals surface area contributed by atoms with Crippen LogP contribution in [-0.2, 0) is 0 Å². The zero-order chi connectivity index (χ0) is 21.9. The minimum Gasteiger partial charge on any atom is -0.390 e. The number of fused-ring (bicyclic) bond motifs is 5. The Morgan fingerprint density at radius 2 is 1.60 bits per heavy atom. The molecule has 4 rings (SSSR count). The summed E-state index contributed by atoms with van der Waals surface area (Å²) in [5.74, 6) is 4.69. The Labute approximate surface area is 186 Å². The fraction of sp³-hybridized carbons (Fsp3) is 1.00. The molecule has 0 heterocycles. The SMILES string of the molecule is CC(C)[C@](C)(O)CCCC1CCC2C3CCC4C[C@@](C)(O)CCC4(C)C3CCC12C. The van der Waals surface area contributed by atoms with E-state index in [2.05, 4.69) is 34.6 Å². The molecular weight excluding hydrogens is 368 g/mol. The van der Waals surface area contributed by atoms with E-state index in [1.807, 2.05) is 6.92 Å². The molecule has 2 nitrogen and oxygen atoms in total. The highest BCUT2D eigenvalue weighted by molar-refractivity contribution is 5.10. The van der Waals surface area contributed by atoms with Gasteiger partial charge in [0.25, 0.3) is 0 Å². The minimum absolute atomic E-state index is 0.340. The molecule has 4 fully saturated rings. The van der Waals surface area contributed by atoms with E-state index in [-0.39, 0.29) is 0 Å². The van der Waals surface area contributed by atoms with Gasteiger partial charge in [0, 0.05) is 0 Å². The summed E-state index contributed by atoms with van der Waals surface area (Å²) < 4.78 is 0. The number of aliphatic hydroxyl groups is 2. The summed E-state index contributed by atoms with van der Waals surface area (Å²) in [5, 5.41) is 21.4. The quantitative estimate of drug-likeness (QED) is 0.506. The number of hydrogen-bond acceptors (Lipinski definition) is 2. The Morgan fingerprint density at radius 1 is 0.900 bits per heavy atom. The standard InChI is InChI=1S/C28H50O2/c1-19(2)28(6,30)14-7-8-20-10-12-23-22-11-9-21-18-25(3,29)16-17-27(21,5)24(22)13-15-26(20,23)4/h19-24,29-30H,7-18H2,1-6H3/t20?,21?,22?,23?,24?,25-,26?,27?,28+/m0/s1. The molecule has 0 aromatic rings. The smallest absolute Gasteiger partial charge is 0.0642 e. The van der Waals surface area contributed by atoms with Crippen molar-refractivity contribution in [1.82, 2.24) is 0 Å². The first kappa shape index (κ1) is 23.1. The zero-order valence-corrected chi connectivity index (χ0v) is 20.8. The topological polar surface area (TPSA) is 40.5 Å². The largest absolute Gasteiger partial charge is 0.390 e. The van der Waals surface area contributed by atoms with Crippen molar-refractivity contribution in [3.63, 3.8) is 0 Å². The molecule has 7 unspecified atom stereocenters. The van der Waals surface area contributed by atoms with Gasteiger partial charge in [-0.15, -0.1) is 0 Å².